The second kappa shape index (κ2) is 6.89. The van der Waals surface area contributed by atoms with Crippen LogP contribution in [0.15, 0.2) is 42.5 Å². The molecule has 1 saturated heterocycles. The fourth-order valence-electron chi connectivity index (χ4n) is 3.97. The SMILES string of the molecule is Cc1cccc(C)c1N1C(=O)CC(N(Cc2ccc(F)cc2)C2CC2)C1=O. The van der Waals surface area contributed by atoms with Crippen LogP contribution in [-0.2, 0) is 16.1 Å². The number of carbonyl (C=O) groups is 2. The van der Waals surface area contributed by atoms with Gasteiger partial charge in [0.25, 0.3) is 5.91 Å². The van der Waals surface area contributed by atoms with Crippen molar-refractivity contribution in [2.24, 2.45) is 0 Å². The Morgan fingerprint density at radius 1 is 1.04 bits per heavy atom. The number of benzene rings is 2. The average Bonchev–Trinajstić information content (AvgIpc) is 3.43. The molecule has 5 heteroatoms. The molecular formula is C22H23FN2O2. The maximum absolute atomic E-state index is 13.2. The smallest absolute Gasteiger partial charge is 0.251 e. The summed E-state index contributed by atoms with van der Waals surface area (Å²) in [6.07, 6.45) is 2.26. The normalized spacial score (nSPS) is 20.0. The molecule has 0 radical (unpaired) electrons. The number of halogens is 1. The number of nitrogens with zero attached hydrogens (tertiary/aromatic N) is 2. The van der Waals surface area contributed by atoms with Gasteiger partial charge in [-0.25, -0.2) is 9.29 Å². The molecule has 2 amide bonds. The third-order valence-corrected chi connectivity index (χ3v) is 5.48. The van der Waals surface area contributed by atoms with Crippen LogP contribution in [0.2, 0.25) is 0 Å². The van der Waals surface area contributed by atoms with Crippen molar-refractivity contribution in [2.75, 3.05) is 4.90 Å². The Labute approximate surface area is 158 Å². The summed E-state index contributed by atoms with van der Waals surface area (Å²) < 4.78 is 13.2. The number of hydrogen-bond acceptors (Lipinski definition) is 3. The van der Waals surface area contributed by atoms with Crippen molar-refractivity contribution in [3.63, 3.8) is 0 Å². The van der Waals surface area contributed by atoms with Gasteiger partial charge in [-0.3, -0.25) is 14.5 Å². The van der Waals surface area contributed by atoms with Crippen molar-refractivity contribution >= 4 is 17.5 Å². The zero-order valence-corrected chi connectivity index (χ0v) is 15.6. The zero-order valence-electron chi connectivity index (χ0n) is 15.6. The molecule has 0 N–H and O–H groups in total. The molecule has 2 aliphatic rings. The minimum Gasteiger partial charge on any atom is -0.284 e. The highest BCUT2D eigenvalue weighted by Crippen LogP contribution is 2.36. The third-order valence-electron chi connectivity index (χ3n) is 5.48. The molecule has 140 valence electrons. The molecule has 1 aliphatic heterocycles. The lowest BCUT2D eigenvalue weighted by Gasteiger charge is -2.28. The van der Waals surface area contributed by atoms with E-state index in [0.717, 1.165) is 29.5 Å². The van der Waals surface area contributed by atoms with Crippen LogP contribution in [-0.4, -0.2) is 28.8 Å². The summed E-state index contributed by atoms with van der Waals surface area (Å²) in [5.74, 6) is -0.566. The Morgan fingerprint density at radius 2 is 1.67 bits per heavy atom. The summed E-state index contributed by atoms with van der Waals surface area (Å²) in [5.41, 5.74) is 3.52. The number of imide groups is 1. The van der Waals surface area contributed by atoms with Crippen LogP contribution >= 0.6 is 0 Å². The van der Waals surface area contributed by atoms with Gasteiger partial charge < -0.3 is 0 Å². The lowest BCUT2D eigenvalue weighted by Crippen LogP contribution is -2.43. The number of amides is 2. The number of rotatable bonds is 5. The standard InChI is InChI=1S/C22H23FN2O2/c1-14-4-3-5-15(2)21(14)25-20(26)12-19(22(25)27)24(18-10-11-18)13-16-6-8-17(23)9-7-16/h3-9,18-19H,10-13H2,1-2H3. The maximum atomic E-state index is 13.2. The molecule has 1 heterocycles. The first-order chi connectivity index (χ1) is 13.0. The number of para-hydroxylation sites is 1. The third kappa shape index (κ3) is 3.39. The Morgan fingerprint density at radius 3 is 2.26 bits per heavy atom. The van der Waals surface area contributed by atoms with E-state index < -0.39 is 6.04 Å². The lowest BCUT2D eigenvalue weighted by atomic mass is 10.1. The van der Waals surface area contributed by atoms with Gasteiger partial charge in [-0.05, 0) is 55.5 Å². The molecule has 0 bridgehead atoms. The van der Waals surface area contributed by atoms with Gasteiger partial charge in [0.2, 0.25) is 5.91 Å². The fourth-order valence-corrected chi connectivity index (χ4v) is 3.97. The van der Waals surface area contributed by atoms with Crippen molar-refractivity contribution in [1.29, 1.82) is 0 Å². The van der Waals surface area contributed by atoms with Gasteiger partial charge in [-0.15, -0.1) is 0 Å². The van der Waals surface area contributed by atoms with Gasteiger partial charge in [0, 0.05) is 12.6 Å². The van der Waals surface area contributed by atoms with E-state index in [0.29, 0.717) is 18.3 Å². The van der Waals surface area contributed by atoms with E-state index >= 15 is 0 Å². The zero-order chi connectivity index (χ0) is 19.1. The predicted molar refractivity (Wildman–Crippen MR) is 102 cm³/mol. The van der Waals surface area contributed by atoms with Crippen LogP contribution in [0, 0.1) is 19.7 Å². The monoisotopic (exact) mass is 366 g/mol. The molecule has 4 nitrogen and oxygen atoms in total. The highest BCUT2D eigenvalue weighted by atomic mass is 19.1. The Kier molecular flexibility index (Phi) is 4.56. The number of carbonyl (C=O) groups excluding carboxylic acids is 2. The minimum absolute atomic E-state index is 0.146. The summed E-state index contributed by atoms with van der Waals surface area (Å²) >= 11 is 0. The quantitative estimate of drug-likeness (QED) is 0.757. The number of hydrogen-bond donors (Lipinski definition) is 0. The Balaban J connectivity index is 1.62. The van der Waals surface area contributed by atoms with Gasteiger partial charge in [0.15, 0.2) is 0 Å². The molecule has 2 aromatic carbocycles. The van der Waals surface area contributed by atoms with Gasteiger partial charge in [0.1, 0.15) is 5.82 Å². The first-order valence-electron chi connectivity index (χ1n) is 9.39. The highest BCUT2D eigenvalue weighted by Gasteiger charge is 2.47. The van der Waals surface area contributed by atoms with E-state index in [4.69, 9.17) is 0 Å². The maximum Gasteiger partial charge on any atom is 0.251 e. The van der Waals surface area contributed by atoms with Gasteiger partial charge in [0.05, 0.1) is 18.2 Å². The second-order valence-corrected chi connectivity index (χ2v) is 7.56. The topological polar surface area (TPSA) is 40.6 Å². The molecule has 2 fully saturated rings. The molecular weight excluding hydrogens is 343 g/mol. The second-order valence-electron chi connectivity index (χ2n) is 7.56. The molecule has 0 spiro atoms. The van der Waals surface area contributed by atoms with Gasteiger partial charge in [-0.1, -0.05) is 30.3 Å². The summed E-state index contributed by atoms with van der Waals surface area (Å²) in [6, 6.07) is 12.0. The molecule has 2 aromatic rings. The minimum atomic E-state index is -0.450. The molecule has 1 unspecified atom stereocenters. The predicted octanol–water partition coefficient (Wildman–Crippen LogP) is 3.74. The van der Waals surface area contributed by atoms with Crippen LogP contribution in [0.25, 0.3) is 0 Å². The Bertz CT molecular complexity index is 869. The lowest BCUT2D eigenvalue weighted by molar-refractivity contribution is -0.123. The van der Waals surface area contributed by atoms with E-state index in [1.807, 2.05) is 32.0 Å². The summed E-state index contributed by atoms with van der Waals surface area (Å²) in [7, 11) is 0. The first-order valence-corrected chi connectivity index (χ1v) is 9.39. The Hall–Kier alpha value is -2.53. The van der Waals surface area contributed by atoms with Crippen molar-refractivity contribution < 1.29 is 14.0 Å². The largest absolute Gasteiger partial charge is 0.284 e. The van der Waals surface area contributed by atoms with Crippen LogP contribution in [0.5, 0.6) is 0 Å². The van der Waals surface area contributed by atoms with Crippen molar-refractivity contribution in [1.82, 2.24) is 4.90 Å². The van der Waals surface area contributed by atoms with Crippen LogP contribution in [0.1, 0.15) is 36.0 Å². The molecule has 1 atom stereocenters. The molecule has 27 heavy (non-hydrogen) atoms. The summed E-state index contributed by atoms with van der Waals surface area (Å²) in [4.78, 5) is 29.5. The van der Waals surface area contributed by atoms with Crippen molar-refractivity contribution in [3.05, 3.63) is 65.0 Å². The van der Waals surface area contributed by atoms with Gasteiger partial charge in [-0.2, -0.15) is 0 Å². The van der Waals surface area contributed by atoms with Crippen LogP contribution < -0.4 is 4.90 Å². The van der Waals surface area contributed by atoms with Crippen molar-refractivity contribution in [2.45, 2.75) is 51.7 Å². The van der Waals surface area contributed by atoms with Crippen LogP contribution in [0.3, 0.4) is 0 Å². The molecule has 1 aliphatic carbocycles. The van der Waals surface area contributed by atoms with Gasteiger partial charge >= 0.3 is 0 Å². The van der Waals surface area contributed by atoms with E-state index in [-0.39, 0.29) is 24.1 Å². The number of aryl methyl sites for hydroxylation is 2. The fraction of sp³-hybridized carbons (Fsp3) is 0.364. The van der Waals surface area contributed by atoms with E-state index in [1.54, 1.807) is 12.1 Å². The molecule has 4 rings (SSSR count). The van der Waals surface area contributed by atoms with Crippen LogP contribution in [0.4, 0.5) is 10.1 Å². The van der Waals surface area contributed by atoms with Crippen molar-refractivity contribution in [3.8, 4) is 0 Å². The molecule has 1 saturated carbocycles. The van der Waals surface area contributed by atoms with E-state index in [2.05, 4.69) is 4.90 Å². The van der Waals surface area contributed by atoms with E-state index in [9.17, 15) is 14.0 Å². The molecule has 0 aromatic heterocycles. The first kappa shape index (κ1) is 17.9. The summed E-state index contributed by atoms with van der Waals surface area (Å²) in [5, 5.41) is 0. The van der Waals surface area contributed by atoms with E-state index in [1.165, 1.54) is 17.0 Å². The number of anilines is 1. The average molecular weight is 366 g/mol. The summed E-state index contributed by atoms with van der Waals surface area (Å²) in [6.45, 7) is 4.40. The highest BCUT2D eigenvalue weighted by molar-refractivity contribution is 6.23.